The van der Waals surface area contributed by atoms with Gasteiger partial charge in [0.15, 0.2) is 11.5 Å². The van der Waals surface area contributed by atoms with Crippen molar-refractivity contribution in [3.05, 3.63) is 23.8 Å². The van der Waals surface area contributed by atoms with Crippen LogP contribution in [-0.4, -0.2) is 44.0 Å². The highest BCUT2D eigenvalue weighted by Gasteiger charge is 2.36. The van der Waals surface area contributed by atoms with Gasteiger partial charge in [0.05, 0.1) is 0 Å². The predicted octanol–water partition coefficient (Wildman–Crippen LogP) is 0.633. The fourth-order valence-electron chi connectivity index (χ4n) is 2.33. The van der Waals surface area contributed by atoms with Crippen LogP contribution in [0, 0.1) is 0 Å². The second-order valence-electron chi connectivity index (χ2n) is 4.89. The van der Waals surface area contributed by atoms with Crippen LogP contribution in [-0.2, 0) is 20.8 Å². The fourth-order valence-corrected chi connectivity index (χ4v) is 2.33. The molecule has 1 heterocycles. The van der Waals surface area contributed by atoms with E-state index < -0.39 is 23.8 Å². The summed E-state index contributed by atoms with van der Waals surface area (Å²) in [6, 6.07) is 2.56. The number of hydrogen-bond acceptors (Lipinski definition) is 5. The molecule has 2 amide bonds. The number of amides is 2. The van der Waals surface area contributed by atoms with Gasteiger partial charge in [-0.25, -0.2) is 4.79 Å². The van der Waals surface area contributed by atoms with E-state index in [9.17, 15) is 29.7 Å². The highest BCUT2D eigenvalue weighted by atomic mass is 16.4. The van der Waals surface area contributed by atoms with E-state index in [1.54, 1.807) is 0 Å². The minimum absolute atomic E-state index is 0.124. The molecule has 3 N–H and O–H groups in total. The highest BCUT2D eigenvalue weighted by Crippen LogP contribution is 2.26. The Kier molecular flexibility index (Phi) is 4.11. The van der Waals surface area contributed by atoms with Crippen LogP contribution in [0.3, 0.4) is 0 Å². The topological polar surface area (TPSA) is 115 Å². The fraction of sp³-hybridized carbons (Fsp3) is 0.357. The third kappa shape index (κ3) is 3.13. The molecule has 0 aliphatic carbocycles. The Labute approximate surface area is 120 Å². The van der Waals surface area contributed by atoms with Crippen molar-refractivity contribution in [3.8, 4) is 11.5 Å². The van der Waals surface area contributed by atoms with Crippen molar-refractivity contribution in [1.82, 2.24) is 4.90 Å². The second kappa shape index (κ2) is 5.82. The Morgan fingerprint density at radius 1 is 1.14 bits per heavy atom. The number of piperidine rings is 1. The number of aliphatic carboxylic acids is 1. The number of imide groups is 1. The summed E-state index contributed by atoms with van der Waals surface area (Å²) in [5, 5.41) is 27.9. The number of rotatable bonds is 4. The quantitative estimate of drug-likeness (QED) is 0.554. The van der Waals surface area contributed by atoms with Crippen LogP contribution >= 0.6 is 0 Å². The van der Waals surface area contributed by atoms with Gasteiger partial charge in [-0.2, -0.15) is 0 Å². The van der Waals surface area contributed by atoms with Gasteiger partial charge in [-0.15, -0.1) is 0 Å². The number of carbonyl (C=O) groups excluding carboxylic acids is 2. The number of aromatic hydroxyl groups is 2. The predicted molar refractivity (Wildman–Crippen MR) is 70.6 cm³/mol. The van der Waals surface area contributed by atoms with Crippen LogP contribution in [0.15, 0.2) is 18.2 Å². The zero-order chi connectivity index (χ0) is 15.6. The molecular formula is C14H15NO6. The maximum atomic E-state index is 11.8. The summed E-state index contributed by atoms with van der Waals surface area (Å²) in [5.41, 5.74) is 0.406. The van der Waals surface area contributed by atoms with Crippen LogP contribution in [0.2, 0.25) is 0 Å². The second-order valence-corrected chi connectivity index (χ2v) is 4.89. The van der Waals surface area contributed by atoms with Crippen LogP contribution < -0.4 is 0 Å². The van der Waals surface area contributed by atoms with Crippen molar-refractivity contribution in [2.45, 2.75) is 31.7 Å². The maximum Gasteiger partial charge on any atom is 0.327 e. The van der Waals surface area contributed by atoms with Gasteiger partial charge >= 0.3 is 5.97 Å². The van der Waals surface area contributed by atoms with Crippen LogP contribution in [0.5, 0.6) is 11.5 Å². The van der Waals surface area contributed by atoms with Crippen molar-refractivity contribution < 1.29 is 29.7 Å². The molecule has 1 atom stereocenters. The van der Waals surface area contributed by atoms with Gasteiger partial charge in [-0.1, -0.05) is 6.07 Å². The molecule has 7 heteroatoms. The Morgan fingerprint density at radius 2 is 1.76 bits per heavy atom. The first-order valence-electron chi connectivity index (χ1n) is 6.48. The van der Waals surface area contributed by atoms with E-state index in [0.29, 0.717) is 12.0 Å². The number of likely N-dealkylation sites (tertiary alicyclic amines) is 1. The molecular weight excluding hydrogens is 278 g/mol. The van der Waals surface area contributed by atoms with Crippen LogP contribution in [0.4, 0.5) is 0 Å². The Morgan fingerprint density at radius 3 is 2.29 bits per heavy atom. The van der Waals surface area contributed by atoms with Gasteiger partial charge in [0, 0.05) is 19.3 Å². The number of benzene rings is 1. The van der Waals surface area contributed by atoms with Gasteiger partial charge in [-0.3, -0.25) is 14.5 Å². The average molecular weight is 293 g/mol. The molecule has 21 heavy (non-hydrogen) atoms. The van der Waals surface area contributed by atoms with Crippen molar-refractivity contribution in [2.75, 3.05) is 0 Å². The Balaban J connectivity index is 2.26. The number of carbonyl (C=O) groups is 3. The van der Waals surface area contributed by atoms with Gasteiger partial charge in [-0.05, 0) is 24.1 Å². The molecule has 0 saturated carbocycles. The molecule has 1 unspecified atom stereocenters. The lowest BCUT2D eigenvalue weighted by Gasteiger charge is -2.30. The van der Waals surface area contributed by atoms with E-state index in [4.69, 9.17) is 0 Å². The van der Waals surface area contributed by atoms with Crippen molar-refractivity contribution in [3.63, 3.8) is 0 Å². The van der Waals surface area contributed by atoms with Crippen molar-refractivity contribution >= 4 is 17.8 Å². The maximum absolute atomic E-state index is 11.8. The lowest BCUT2D eigenvalue weighted by molar-refractivity contribution is -0.160. The molecule has 112 valence electrons. The molecule has 1 fully saturated rings. The monoisotopic (exact) mass is 293 g/mol. The molecule has 0 aromatic heterocycles. The number of nitrogens with zero attached hydrogens (tertiary/aromatic N) is 1. The number of phenolic OH excluding ortho intramolecular Hbond substituents is 2. The van der Waals surface area contributed by atoms with E-state index in [1.807, 2.05) is 0 Å². The third-order valence-electron chi connectivity index (χ3n) is 3.38. The number of carboxylic acids is 1. The lowest BCUT2D eigenvalue weighted by Crippen LogP contribution is -2.51. The zero-order valence-electron chi connectivity index (χ0n) is 11.2. The Hall–Kier alpha value is -2.57. The standard InChI is InChI=1S/C14H15NO6/c16-10-5-4-8(7-11(10)17)6-9(14(20)21)15-12(18)2-1-3-13(15)19/h4-5,7,9,16-17H,1-3,6H2,(H,20,21). The minimum atomic E-state index is -1.31. The van der Waals surface area contributed by atoms with E-state index >= 15 is 0 Å². The highest BCUT2D eigenvalue weighted by molar-refractivity contribution is 6.01. The summed E-state index contributed by atoms with van der Waals surface area (Å²) >= 11 is 0. The molecule has 0 radical (unpaired) electrons. The first-order valence-corrected chi connectivity index (χ1v) is 6.48. The minimum Gasteiger partial charge on any atom is -0.504 e. The number of carboxylic acid groups (broad SMARTS) is 1. The molecule has 7 nitrogen and oxygen atoms in total. The molecule has 1 aliphatic heterocycles. The largest absolute Gasteiger partial charge is 0.504 e. The smallest absolute Gasteiger partial charge is 0.327 e. The van der Waals surface area contributed by atoms with Gasteiger partial charge in [0.25, 0.3) is 0 Å². The molecule has 1 aromatic carbocycles. The number of phenols is 2. The molecule has 0 bridgehead atoms. The van der Waals surface area contributed by atoms with Gasteiger partial charge in [0.2, 0.25) is 11.8 Å². The molecule has 1 aromatic rings. The molecule has 1 aliphatic rings. The molecule has 0 spiro atoms. The molecule has 1 saturated heterocycles. The first-order chi connectivity index (χ1) is 9.90. The van der Waals surface area contributed by atoms with Crippen LogP contribution in [0.25, 0.3) is 0 Å². The summed E-state index contributed by atoms with van der Waals surface area (Å²) in [7, 11) is 0. The van der Waals surface area contributed by atoms with E-state index in [1.165, 1.54) is 18.2 Å². The van der Waals surface area contributed by atoms with Crippen molar-refractivity contribution in [2.24, 2.45) is 0 Å². The number of hydrogen-bond donors (Lipinski definition) is 3. The Bertz CT molecular complexity index is 581. The van der Waals surface area contributed by atoms with E-state index in [-0.39, 0.29) is 30.8 Å². The van der Waals surface area contributed by atoms with E-state index in [0.717, 1.165) is 4.90 Å². The summed E-state index contributed by atoms with van der Waals surface area (Å²) < 4.78 is 0. The summed E-state index contributed by atoms with van der Waals surface area (Å²) in [5.74, 6) is -2.99. The normalized spacial score (nSPS) is 16.9. The lowest BCUT2D eigenvalue weighted by atomic mass is 10.0. The average Bonchev–Trinajstić information content (AvgIpc) is 2.41. The summed E-state index contributed by atoms with van der Waals surface area (Å²) in [6.45, 7) is 0. The zero-order valence-corrected chi connectivity index (χ0v) is 11.2. The van der Waals surface area contributed by atoms with Crippen molar-refractivity contribution in [1.29, 1.82) is 0 Å². The summed E-state index contributed by atoms with van der Waals surface area (Å²) in [6.07, 6.45) is 0.605. The third-order valence-corrected chi connectivity index (χ3v) is 3.38. The molecule has 2 rings (SSSR count). The SMILES string of the molecule is O=C(O)C(Cc1ccc(O)c(O)c1)N1C(=O)CCCC1=O. The first kappa shape index (κ1) is 14.8. The van der Waals surface area contributed by atoms with Crippen LogP contribution in [0.1, 0.15) is 24.8 Å². The summed E-state index contributed by atoms with van der Waals surface area (Å²) in [4.78, 5) is 35.8. The van der Waals surface area contributed by atoms with E-state index in [2.05, 4.69) is 0 Å². The van der Waals surface area contributed by atoms with Gasteiger partial charge < -0.3 is 15.3 Å². The van der Waals surface area contributed by atoms with Gasteiger partial charge in [0.1, 0.15) is 6.04 Å².